The molecule has 2 aromatic rings. The van der Waals surface area contributed by atoms with E-state index in [1.807, 2.05) is 0 Å². The zero-order valence-corrected chi connectivity index (χ0v) is 14.6. The molecule has 0 aromatic heterocycles. The summed E-state index contributed by atoms with van der Waals surface area (Å²) in [5.41, 5.74) is 1.32. The predicted octanol–water partition coefficient (Wildman–Crippen LogP) is 3.68. The fourth-order valence-electron chi connectivity index (χ4n) is 1.99. The molecule has 0 aliphatic rings. The van der Waals surface area contributed by atoms with Crippen LogP contribution in [0.5, 0.6) is 0 Å². The minimum atomic E-state index is -2.51. The van der Waals surface area contributed by atoms with Crippen LogP contribution in [0.2, 0.25) is 0 Å². The summed E-state index contributed by atoms with van der Waals surface area (Å²) in [5, 5.41) is 11.5. The van der Waals surface area contributed by atoms with Gasteiger partial charge < -0.3 is 15.2 Å². The Morgan fingerprint density at radius 2 is 1.73 bits per heavy atom. The SMILES string of the molecule is C[C@@H](OC(=O)c1ccc(CO)cc1)C(=O)Nc1ccc(SC(F)F)cc1. The molecule has 8 heteroatoms. The molecule has 0 bridgehead atoms. The zero-order chi connectivity index (χ0) is 19.1. The lowest BCUT2D eigenvalue weighted by molar-refractivity contribution is -0.123. The van der Waals surface area contributed by atoms with E-state index in [2.05, 4.69) is 5.32 Å². The van der Waals surface area contributed by atoms with Crippen LogP contribution in [0.15, 0.2) is 53.4 Å². The number of anilines is 1. The van der Waals surface area contributed by atoms with Crippen molar-refractivity contribution in [2.45, 2.75) is 30.3 Å². The average Bonchev–Trinajstić information content (AvgIpc) is 2.62. The maximum absolute atomic E-state index is 12.3. The maximum atomic E-state index is 12.3. The van der Waals surface area contributed by atoms with Crippen molar-refractivity contribution in [3.8, 4) is 0 Å². The van der Waals surface area contributed by atoms with Crippen molar-refractivity contribution < 1.29 is 28.2 Å². The van der Waals surface area contributed by atoms with Crippen LogP contribution in [0.3, 0.4) is 0 Å². The minimum absolute atomic E-state index is 0.136. The van der Waals surface area contributed by atoms with E-state index in [4.69, 9.17) is 9.84 Å². The molecule has 26 heavy (non-hydrogen) atoms. The number of rotatable bonds is 7. The van der Waals surface area contributed by atoms with Crippen LogP contribution in [0.1, 0.15) is 22.8 Å². The Balaban J connectivity index is 1.90. The molecule has 1 atom stereocenters. The molecule has 0 aliphatic heterocycles. The number of esters is 1. The highest BCUT2D eigenvalue weighted by atomic mass is 32.2. The first kappa shape index (κ1) is 19.9. The predicted molar refractivity (Wildman–Crippen MR) is 94.2 cm³/mol. The lowest BCUT2D eigenvalue weighted by Crippen LogP contribution is -2.30. The smallest absolute Gasteiger partial charge is 0.338 e. The Morgan fingerprint density at radius 1 is 1.12 bits per heavy atom. The molecule has 0 radical (unpaired) electrons. The first-order chi connectivity index (χ1) is 12.4. The van der Waals surface area contributed by atoms with Crippen LogP contribution < -0.4 is 5.32 Å². The van der Waals surface area contributed by atoms with Crippen molar-refractivity contribution in [2.75, 3.05) is 5.32 Å². The topological polar surface area (TPSA) is 75.6 Å². The van der Waals surface area contributed by atoms with Gasteiger partial charge in [0.25, 0.3) is 11.7 Å². The molecule has 0 saturated carbocycles. The van der Waals surface area contributed by atoms with Crippen LogP contribution in [0.25, 0.3) is 0 Å². The molecule has 138 valence electrons. The summed E-state index contributed by atoms with van der Waals surface area (Å²) in [4.78, 5) is 24.5. The normalized spacial score (nSPS) is 11.9. The first-order valence-electron chi connectivity index (χ1n) is 7.65. The van der Waals surface area contributed by atoms with Gasteiger partial charge in [0.2, 0.25) is 0 Å². The molecule has 0 unspecified atom stereocenters. The minimum Gasteiger partial charge on any atom is -0.449 e. The van der Waals surface area contributed by atoms with Gasteiger partial charge in [-0.3, -0.25) is 4.79 Å². The van der Waals surface area contributed by atoms with Crippen molar-refractivity contribution in [3.05, 3.63) is 59.7 Å². The number of aliphatic hydroxyl groups is 1. The molecular weight excluding hydrogens is 364 g/mol. The Morgan fingerprint density at radius 3 is 2.27 bits per heavy atom. The largest absolute Gasteiger partial charge is 0.449 e. The quantitative estimate of drug-likeness (QED) is 0.565. The van der Waals surface area contributed by atoms with E-state index in [-0.39, 0.29) is 12.2 Å². The number of alkyl halides is 2. The lowest BCUT2D eigenvalue weighted by Gasteiger charge is -2.14. The van der Waals surface area contributed by atoms with E-state index in [0.717, 1.165) is 0 Å². The molecule has 1 amide bonds. The summed E-state index contributed by atoms with van der Waals surface area (Å²) >= 11 is 0.410. The van der Waals surface area contributed by atoms with Crippen molar-refractivity contribution >= 4 is 29.3 Å². The van der Waals surface area contributed by atoms with E-state index in [0.29, 0.717) is 27.9 Å². The lowest BCUT2D eigenvalue weighted by atomic mass is 10.1. The second kappa shape index (κ2) is 9.30. The van der Waals surface area contributed by atoms with Crippen LogP contribution in [0, 0.1) is 0 Å². The number of benzene rings is 2. The van der Waals surface area contributed by atoms with Gasteiger partial charge in [0, 0.05) is 10.6 Å². The number of amides is 1. The second-order valence-corrected chi connectivity index (χ2v) is 6.36. The first-order valence-corrected chi connectivity index (χ1v) is 8.53. The van der Waals surface area contributed by atoms with Crippen LogP contribution >= 0.6 is 11.8 Å². The number of ether oxygens (including phenoxy) is 1. The van der Waals surface area contributed by atoms with Gasteiger partial charge in [0.05, 0.1) is 12.2 Å². The molecule has 0 aliphatic carbocycles. The summed E-state index contributed by atoms with van der Waals surface area (Å²) < 4.78 is 29.6. The van der Waals surface area contributed by atoms with Crippen molar-refractivity contribution in [1.29, 1.82) is 0 Å². The number of hydrogen-bond acceptors (Lipinski definition) is 5. The molecule has 0 heterocycles. The number of carbonyl (C=O) groups is 2. The van der Waals surface area contributed by atoms with Gasteiger partial charge in [0.15, 0.2) is 6.10 Å². The van der Waals surface area contributed by atoms with Crippen LogP contribution in [-0.2, 0) is 16.1 Å². The maximum Gasteiger partial charge on any atom is 0.338 e. The highest BCUT2D eigenvalue weighted by Gasteiger charge is 2.19. The summed E-state index contributed by atoms with van der Waals surface area (Å²) in [7, 11) is 0. The van der Waals surface area contributed by atoms with Gasteiger partial charge in [-0.25, -0.2) is 4.79 Å². The molecular formula is C18H17F2NO4S. The van der Waals surface area contributed by atoms with Gasteiger partial charge in [0.1, 0.15) is 0 Å². The Labute approximate surface area is 153 Å². The highest BCUT2D eigenvalue weighted by Crippen LogP contribution is 2.26. The van der Waals surface area contributed by atoms with E-state index < -0.39 is 23.7 Å². The third-order valence-corrected chi connectivity index (χ3v) is 4.09. The number of thioether (sulfide) groups is 1. The molecule has 2 rings (SSSR count). The van der Waals surface area contributed by atoms with Crippen molar-refractivity contribution in [2.24, 2.45) is 0 Å². The summed E-state index contributed by atoms with van der Waals surface area (Å²) in [6, 6.07) is 12.1. The van der Waals surface area contributed by atoms with Gasteiger partial charge >= 0.3 is 5.97 Å². The van der Waals surface area contributed by atoms with Gasteiger partial charge in [-0.05, 0) is 48.9 Å². The monoisotopic (exact) mass is 381 g/mol. The average molecular weight is 381 g/mol. The van der Waals surface area contributed by atoms with Gasteiger partial charge in [-0.15, -0.1) is 0 Å². The molecule has 2 N–H and O–H groups in total. The fourth-order valence-corrected chi connectivity index (χ4v) is 2.49. The van der Waals surface area contributed by atoms with Gasteiger partial charge in [-0.2, -0.15) is 8.78 Å². The zero-order valence-electron chi connectivity index (χ0n) is 13.8. The molecule has 0 saturated heterocycles. The number of carbonyl (C=O) groups excluding carboxylic acids is 2. The second-order valence-electron chi connectivity index (χ2n) is 5.29. The molecule has 0 spiro atoms. The Bertz CT molecular complexity index is 751. The Kier molecular flexibility index (Phi) is 7.11. The molecule has 2 aromatic carbocycles. The van der Waals surface area contributed by atoms with E-state index >= 15 is 0 Å². The van der Waals surface area contributed by atoms with Crippen LogP contribution in [-0.4, -0.2) is 28.8 Å². The van der Waals surface area contributed by atoms with Gasteiger partial charge in [-0.1, -0.05) is 23.9 Å². The number of aliphatic hydroxyl groups excluding tert-OH is 1. The molecule has 5 nitrogen and oxygen atoms in total. The summed E-state index contributed by atoms with van der Waals surface area (Å²) in [6.45, 7) is 1.29. The summed E-state index contributed by atoms with van der Waals surface area (Å²) in [5.74, 6) is -3.72. The van der Waals surface area contributed by atoms with E-state index in [9.17, 15) is 18.4 Å². The number of halogens is 2. The third kappa shape index (κ3) is 5.82. The standard InChI is InChI=1S/C18H17F2NO4S/c1-11(25-17(24)13-4-2-12(10-22)3-5-13)16(23)21-14-6-8-15(9-7-14)26-18(19)20/h2-9,11,18,22H,10H2,1H3,(H,21,23)/t11-/m1/s1. The number of nitrogens with one attached hydrogen (secondary N) is 1. The fraction of sp³-hybridized carbons (Fsp3) is 0.222. The van der Waals surface area contributed by atoms with Crippen molar-refractivity contribution in [1.82, 2.24) is 0 Å². The highest BCUT2D eigenvalue weighted by molar-refractivity contribution is 7.99. The van der Waals surface area contributed by atoms with Crippen LogP contribution in [0.4, 0.5) is 14.5 Å². The molecule has 0 fully saturated rings. The van der Waals surface area contributed by atoms with E-state index in [1.54, 1.807) is 12.1 Å². The van der Waals surface area contributed by atoms with E-state index in [1.165, 1.54) is 43.3 Å². The Hall–Kier alpha value is -2.45. The van der Waals surface area contributed by atoms with Crippen molar-refractivity contribution in [3.63, 3.8) is 0 Å². The number of hydrogen-bond donors (Lipinski definition) is 2. The third-order valence-electron chi connectivity index (χ3n) is 3.37. The summed E-state index contributed by atoms with van der Waals surface area (Å²) in [6.07, 6.45) is -1.05.